The van der Waals surface area contributed by atoms with Crippen LogP contribution in [0, 0.1) is 5.82 Å². The standard InChI is InChI=1S/C16H24FN/c1-4-18-9-7-13(8-10-18)14-5-6-15(12(2)3)16(17)11-14/h5-6,11-13H,4,7-10H2,1-3H3. The van der Waals surface area contributed by atoms with Gasteiger partial charge in [0.25, 0.3) is 0 Å². The lowest BCUT2D eigenvalue weighted by Gasteiger charge is -2.31. The van der Waals surface area contributed by atoms with Gasteiger partial charge in [0.2, 0.25) is 0 Å². The van der Waals surface area contributed by atoms with Gasteiger partial charge in [-0.2, -0.15) is 0 Å². The highest BCUT2D eigenvalue weighted by Crippen LogP contribution is 2.30. The Morgan fingerprint density at radius 1 is 1.28 bits per heavy atom. The summed E-state index contributed by atoms with van der Waals surface area (Å²) < 4.78 is 14.0. The lowest BCUT2D eigenvalue weighted by Crippen LogP contribution is -2.32. The largest absolute Gasteiger partial charge is 0.304 e. The molecule has 0 aliphatic carbocycles. The molecular formula is C16H24FN. The van der Waals surface area contributed by atoms with Gasteiger partial charge in [-0.25, -0.2) is 4.39 Å². The first-order chi connectivity index (χ1) is 8.61. The molecule has 0 amide bonds. The van der Waals surface area contributed by atoms with E-state index in [9.17, 15) is 4.39 Å². The third-order valence-electron chi connectivity index (χ3n) is 4.15. The number of hydrogen-bond acceptors (Lipinski definition) is 1. The molecule has 2 heteroatoms. The first-order valence-corrected chi connectivity index (χ1v) is 7.13. The predicted molar refractivity (Wildman–Crippen MR) is 74.6 cm³/mol. The van der Waals surface area contributed by atoms with Gasteiger partial charge in [-0.3, -0.25) is 0 Å². The van der Waals surface area contributed by atoms with E-state index in [1.807, 2.05) is 19.9 Å². The first-order valence-electron chi connectivity index (χ1n) is 7.13. The Balaban J connectivity index is 2.08. The molecule has 0 saturated carbocycles. The SMILES string of the molecule is CCN1CCC(c2ccc(C(C)C)c(F)c2)CC1. The summed E-state index contributed by atoms with van der Waals surface area (Å²) in [6, 6.07) is 5.87. The van der Waals surface area contributed by atoms with Crippen LogP contribution in [-0.4, -0.2) is 24.5 Å². The van der Waals surface area contributed by atoms with Crippen LogP contribution in [0.5, 0.6) is 0 Å². The number of benzene rings is 1. The first kappa shape index (κ1) is 13.5. The van der Waals surface area contributed by atoms with E-state index >= 15 is 0 Å². The van der Waals surface area contributed by atoms with Crippen LogP contribution in [0.25, 0.3) is 0 Å². The lowest BCUT2D eigenvalue weighted by molar-refractivity contribution is 0.222. The molecule has 0 aromatic heterocycles. The minimum Gasteiger partial charge on any atom is -0.304 e. The van der Waals surface area contributed by atoms with Gasteiger partial charge in [0, 0.05) is 0 Å². The van der Waals surface area contributed by atoms with Gasteiger partial charge in [0.15, 0.2) is 0 Å². The minimum atomic E-state index is -0.0274. The fourth-order valence-electron chi connectivity index (χ4n) is 2.85. The second kappa shape index (κ2) is 5.83. The van der Waals surface area contributed by atoms with Crippen molar-refractivity contribution in [3.05, 3.63) is 35.1 Å². The maximum Gasteiger partial charge on any atom is 0.126 e. The number of nitrogens with zero attached hydrogens (tertiary/aromatic N) is 1. The van der Waals surface area contributed by atoms with Crippen molar-refractivity contribution in [1.82, 2.24) is 4.90 Å². The van der Waals surface area contributed by atoms with Gasteiger partial charge in [-0.05, 0) is 61.5 Å². The maximum atomic E-state index is 14.0. The Labute approximate surface area is 110 Å². The van der Waals surface area contributed by atoms with E-state index in [0.717, 1.165) is 38.0 Å². The highest BCUT2D eigenvalue weighted by Gasteiger charge is 2.20. The smallest absolute Gasteiger partial charge is 0.126 e. The monoisotopic (exact) mass is 249 g/mol. The molecule has 0 unspecified atom stereocenters. The maximum absolute atomic E-state index is 14.0. The van der Waals surface area contributed by atoms with Gasteiger partial charge in [0.05, 0.1) is 0 Å². The fourth-order valence-corrected chi connectivity index (χ4v) is 2.85. The van der Waals surface area contributed by atoms with E-state index in [4.69, 9.17) is 0 Å². The molecule has 0 spiro atoms. The Morgan fingerprint density at radius 3 is 2.44 bits per heavy atom. The van der Waals surface area contributed by atoms with Crippen molar-refractivity contribution < 1.29 is 4.39 Å². The summed E-state index contributed by atoms with van der Waals surface area (Å²) >= 11 is 0. The molecule has 1 saturated heterocycles. The summed E-state index contributed by atoms with van der Waals surface area (Å²) in [6.07, 6.45) is 2.32. The third-order valence-corrected chi connectivity index (χ3v) is 4.15. The van der Waals surface area contributed by atoms with Crippen molar-refractivity contribution in [2.45, 2.75) is 45.4 Å². The Kier molecular flexibility index (Phi) is 4.39. The average molecular weight is 249 g/mol. The summed E-state index contributed by atoms with van der Waals surface area (Å²) in [6.45, 7) is 9.71. The Hall–Kier alpha value is -0.890. The molecular weight excluding hydrogens is 225 g/mol. The van der Waals surface area contributed by atoms with Crippen molar-refractivity contribution in [3.8, 4) is 0 Å². The Bertz CT molecular complexity index is 392. The van der Waals surface area contributed by atoms with Gasteiger partial charge < -0.3 is 4.90 Å². The normalized spacial score (nSPS) is 18.5. The lowest BCUT2D eigenvalue weighted by atomic mass is 9.88. The van der Waals surface area contributed by atoms with Crippen LogP contribution in [0.15, 0.2) is 18.2 Å². The molecule has 1 aliphatic rings. The second-order valence-electron chi connectivity index (χ2n) is 5.64. The van der Waals surface area contributed by atoms with Gasteiger partial charge in [-0.1, -0.05) is 32.9 Å². The van der Waals surface area contributed by atoms with Crippen LogP contribution in [-0.2, 0) is 0 Å². The number of rotatable bonds is 3. The highest BCUT2D eigenvalue weighted by molar-refractivity contribution is 5.29. The van der Waals surface area contributed by atoms with Crippen molar-refractivity contribution in [2.24, 2.45) is 0 Å². The highest BCUT2D eigenvalue weighted by atomic mass is 19.1. The van der Waals surface area contributed by atoms with E-state index in [0.29, 0.717) is 5.92 Å². The molecule has 0 N–H and O–H groups in total. The molecule has 100 valence electrons. The van der Waals surface area contributed by atoms with Crippen LogP contribution in [0.1, 0.15) is 56.6 Å². The third kappa shape index (κ3) is 2.92. The van der Waals surface area contributed by atoms with Gasteiger partial charge in [-0.15, -0.1) is 0 Å². The summed E-state index contributed by atoms with van der Waals surface area (Å²) in [4.78, 5) is 2.47. The number of halogens is 1. The van der Waals surface area contributed by atoms with E-state index < -0.39 is 0 Å². The van der Waals surface area contributed by atoms with Crippen LogP contribution in [0.3, 0.4) is 0 Å². The summed E-state index contributed by atoms with van der Waals surface area (Å²) in [7, 11) is 0. The minimum absolute atomic E-state index is 0.0274. The molecule has 1 heterocycles. The van der Waals surface area contributed by atoms with Gasteiger partial charge >= 0.3 is 0 Å². The molecule has 1 nitrogen and oxygen atoms in total. The van der Waals surface area contributed by atoms with Crippen molar-refractivity contribution >= 4 is 0 Å². The van der Waals surface area contributed by atoms with E-state index in [-0.39, 0.29) is 11.7 Å². The zero-order valence-electron chi connectivity index (χ0n) is 11.7. The van der Waals surface area contributed by atoms with E-state index in [1.165, 1.54) is 5.56 Å². The van der Waals surface area contributed by atoms with Crippen molar-refractivity contribution in [2.75, 3.05) is 19.6 Å². The molecule has 0 bridgehead atoms. The molecule has 1 fully saturated rings. The van der Waals surface area contributed by atoms with E-state index in [2.05, 4.69) is 17.9 Å². The Morgan fingerprint density at radius 2 is 1.94 bits per heavy atom. The molecule has 0 radical (unpaired) electrons. The zero-order valence-corrected chi connectivity index (χ0v) is 11.7. The number of hydrogen-bond donors (Lipinski definition) is 0. The molecule has 1 aromatic carbocycles. The second-order valence-corrected chi connectivity index (χ2v) is 5.64. The van der Waals surface area contributed by atoms with Crippen LogP contribution in [0.4, 0.5) is 4.39 Å². The molecule has 1 aromatic rings. The predicted octanol–water partition coefficient (Wildman–Crippen LogP) is 4.15. The molecule has 18 heavy (non-hydrogen) atoms. The number of piperidine rings is 1. The van der Waals surface area contributed by atoms with Crippen LogP contribution < -0.4 is 0 Å². The molecule has 1 aliphatic heterocycles. The summed E-state index contributed by atoms with van der Waals surface area (Å²) in [5.74, 6) is 0.782. The summed E-state index contributed by atoms with van der Waals surface area (Å²) in [5.41, 5.74) is 2.03. The molecule has 0 atom stereocenters. The van der Waals surface area contributed by atoms with Crippen molar-refractivity contribution in [3.63, 3.8) is 0 Å². The number of likely N-dealkylation sites (tertiary alicyclic amines) is 1. The van der Waals surface area contributed by atoms with Crippen LogP contribution >= 0.6 is 0 Å². The fraction of sp³-hybridized carbons (Fsp3) is 0.625. The topological polar surface area (TPSA) is 3.24 Å². The average Bonchev–Trinajstić information content (AvgIpc) is 2.38. The van der Waals surface area contributed by atoms with Crippen molar-refractivity contribution in [1.29, 1.82) is 0 Å². The zero-order chi connectivity index (χ0) is 13.1. The quantitative estimate of drug-likeness (QED) is 0.778. The van der Waals surface area contributed by atoms with Crippen LogP contribution in [0.2, 0.25) is 0 Å². The van der Waals surface area contributed by atoms with Gasteiger partial charge in [0.1, 0.15) is 5.82 Å². The molecule has 2 rings (SSSR count). The van der Waals surface area contributed by atoms with E-state index in [1.54, 1.807) is 6.07 Å². The summed E-state index contributed by atoms with van der Waals surface area (Å²) in [5, 5.41) is 0.